The van der Waals surface area contributed by atoms with Gasteiger partial charge in [0, 0.05) is 12.7 Å². The molecule has 21 heavy (non-hydrogen) atoms. The van der Waals surface area contributed by atoms with E-state index in [9.17, 15) is 4.79 Å². The molecule has 0 radical (unpaired) electrons. The summed E-state index contributed by atoms with van der Waals surface area (Å²) in [4.78, 5) is 17.5. The number of aromatic nitrogens is 1. The summed E-state index contributed by atoms with van der Waals surface area (Å²) < 4.78 is 0. The molecule has 1 atom stereocenters. The molecule has 2 rings (SSSR count). The molecule has 0 spiro atoms. The van der Waals surface area contributed by atoms with Crippen LogP contribution in [0, 0.1) is 0 Å². The normalized spacial score (nSPS) is 12.3. The summed E-state index contributed by atoms with van der Waals surface area (Å²) in [6, 6.07) is 15.9. The van der Waals surface area contributed by atoms with Crippen LogP contribution in [0.15, 0.2) is 54.7 Å². The van der Waals surface area contributed by atoms with E-state index in [2.05, 4.69) is 22.0 Å². The van der Waals surface area contributed by atoms with Gasteiger partial charge < -0.3 is 5.11 Å². The van der Waals surface area contributed by atoms with Gasteiger partial charge in [-0.1, -0.05) is 43.3 Å². The number of carbonyl (C=O) groups is 1. The van der Waals surface area contributed by atoms with Crippen LogP contribution < -0.4 is 0 Å². The Morgan fingerprint density at radius 2 is 1.90 bits per heavy atom. The fraction of sp³-hybridized carbons (Fsp3) is 0.294. The lowest BCUT2D eigenvalue weighted by atomic mass is 10.0. The van der Waals surface area contributed by atoms with Crippen molar-refractivity contribution >= 4 is 5.97 Å². The summed E-state index contributed by atoms with van der Waals surface area (Å²) >= 11 is 0. The number of pyridine rings is 1. The smallest absolute Gasteiger partial charge is 0.304 e. The Morgan fingerprint density at radius 1 is 1.19 bits per heavy atom. The molecule has 0 saturated heterocycles. The highest BCUT2D eigenvalue weighted by Crippen LogP contribution is 2.27. The van der Waals surface area contributed by atoms with Gasteiger partial charge in [-0.15, -0.1) is 0 Å². The Labute approximate surface area is 125 Å². The summed E-state index contributed by atoms with van der Waals surface area (Å²) in [5.41, 5.74) is 2.07. The Morgan fingerprint density at radius 3 is 2.48 bits per heavy atom. The molecule has 0 aliphatic rings. The van der Waals surface area contributed by atoms with E-state index in [4.69, 9.17) is 5.11 Å². The Bertz CT molecular complexity index is 518. The van der Waals surface area contributed by atoms with E-state index in [-0.39, 0.29) is 12.5 Å². The number of carboxylic acid groups (broad SMARTS) is 1. The largest absolute Gasteiger partial charge is 0.481 e. The Hall–Kier alpha value is -2.20. The molecule has 1 aromatic carbocycles. The number of hydrogen-bond donors (Lipinski definition) is 1. The first-order chi connectivity index (χ1) is 10.2. The van der Waals surface area contributed by atoms with Crippen molar-refractivity contribution in [3.8, 4) is 0 Å². The molecule has 1 aromatic heterocycles. The summed E-state index contributed by atoms with van der Waals surface area (Å²) in [5.74, 6) is -0.777. The van der Waals surface area contributed by atoms with E-state index < -0.39 is 5.97 Å². The number of aliphatic carboxylic acids is 1. The first-order valence-electron chi connectivity index (χ1n) is 7.14. The van der Waals surface area contributed by atoms with Crippen molar-refractivity contribution in [2.24, 2.45) is 0 Å². The van der Waals surface area contributed by atoms with Gasteiger partial charge in [-0.05, 0) is 24.2 Å². The molecule has 4 heteroatoms. The minimum Gasteiger partial charge on any atom is -0.481 e. The molecule has 0 aliphatic carbocycles. The molecule has 4 nitrogen and oxygen atoms in total. The highest BCUT2D eigenvalue weighted by molar-refractivity contribution is 5.66. The van der Waals surface area contributed by atoms with Crippen molar-refractivity contribution in [3.05, 3.63) is 66.0 Å². The fourth-order valence-electron chi connectivity index (χ4n) is 2.45. The third-order valence-electron chi connectivity index (χ3n) is 3.47. The topological polar surface area (TPSA) is 53.4 Å². The van der Waals surface area contributed by atoms with E-state index in [1.165, 1.54) is 0 Å². The first kappa shape index (κ1) is 15.2. The molecule has 0 aliphatic heterocycles. The molecule has 1 heterocycles. The first-order valence-corrected chi connectivity index (χ1v) is 7.14. The van der Waals surface area contributed by atoms with Crippen molar-refractivity contribution < 1.29 is 9.90 Å². The van der Waals surface area contributed by atoms with E-state index in [1.54, 1.807) is 6.20 Å². The van der Waals surface area contributed by atoms with Crippen molar-refractivity contribution in [3.63, 3.8) is 0 Å². The Kier molecular flexibility index (Phi) is 5.46. The second-order valence-electron chi connectivity index (χ2n) is 4.84. The quantitative estimate of drug-likeness (QED) is 0.849. The molecular weight excluding hydrogens is 264 g/mol. The van der Waals surface area contributed by atoms with Crippen LogP contribution in [0.4, 0.5) is 0 Å². The van der Waals surface area contributed by atoms with Gasteiger partial charge in [0.1, 0.15) is 0 Å². The maximum atomic E-state index is 10.9. The molecule has 0 saturated carbocycles. The van der Waals surface area contributed by atoms with E-state index >= 15 is 0 Å². The van der Waals surface area contributed by atoms with Gasteiger partial charge in [0.05, 0.1) is 18.2 Å². The lowest BCUT2D eigenvalue weighted by Gasteiger charge is -2.30. The lowest BCUT2D eigenvalue weighted by Crippen LogP contribution is -2.32. The van der Waals surface area contributed by atoms with Crippen LogP contribution in [-0.2, 0) is 4.79 Å². The molecule has 0 amide bonds. The summed E-state index contributed by atoms with van der Waals surface area (Å²) in [6.45, 7) is 3.31. The zero-order valence-corrected chi connectivity index (χ0v) is 12.1. The predicted octanol–water partition coefficient (Wildman–Crippen LogP) is 2.97. The maximum absolute atomic E-state index is 10.9. The second kappa shape index (κ2) is 7.55. The summed E-state index contributed by atoms with van der Waals surface area (Å²) in [6.07, 6.45) is 1.90. The molecule has 2 aromatic rings. The SMILES string of the molecule is CCN(CCC(=O)O)C(c1ccccc1)c1ccccn1. The van der Waals surface area contributed by atoms with E-state index in [1.807, 2.05) is 43.3 Å². The third kappa shape index (κ3) is 4.13. The number of rotatable bonds is 7. The van der Waals surface area contributed by atoms with Crippen LogP contribution in [-0.4, -0.2) is 34.0 Å². The summed E-state index contributed by atoms with van der Waals surface area (Å²) in [7, 11) is 0. The fourth-order valence-corrected chi connectivity index (χ4v) is 2.45. The number of benzene rings is 1. The number of carboxylic acids is 1. The van der Waals surface area contributed by atoms with Crippen molar-refractivity contribution in [1.29, 1.82) is 0 Å². The van der Waals surface area contributed by atoms with E-state index in [0.717, 1.165) is 17.8 Å². The zero-order valence-electron chi connectivity index (χ0n) is 12.1. The molecule has 0 bridgehead atoms. The van der Waals surface area contributed by atoms with Crippen LogP contribution >= 0.6 is 0 Å². The van der Waals surface area contributed by atoms with Gasteiger partial charge in [0.15, 0.2) is 0 Å². The highest BCUT2D eigenvalue weighted by Gasteiger charge is 2.22. The minimum absolute atomic E-state index is 0.0169. The van der Waals surface area contributed by atoms with Gasteiger partial charge in [0.25, 0.3) is 0 Å². The molecule has 0 fully saturated rings. The predicted molar refractivity (Wildman–Crippen MR) is 82.0 cm³/mol. The van der Waals surface area contributed by atoms with Crippen molar-refractivity contribution in [2.75, 3.05) is 13.1 Å². The molecule has 1 unspecified atom stereocenters. The average molecular weight is 284 g/mol. The monoisotopic (exact) mass is 284 g/mol. The van der Waals surface area contributed by atoms with Crippen LogP contribution in [0.2, 0.25) is 0 Å². The molecule has 1 N–H and O–H groups in total. The van der Waals surface area contributed by atoms with Crippen molar-refractivity contribution in [2.45, 2.75) is 19.4 Å². The number of nitrogens with zero attached hydrogens (tertiary/aromatic N) is 2. The van der Waals surface area contributed by atoms with Crippen molar-refractivity contribution in [1.82, 2.24) is 9.88 Å². The minimum atomic E-state index is -0.777. The summed E-state index contributed by atoms with van der Waals surface area (Å²) in [5, 5.41) is 8.94. The second-order valence-corrected chi connectivity index (χ2v) is 4.84. The van der Waals surface area contributed by atoms with Crippen LogP contribution in [0.1, 0.15) is 30.6 Å². The average Bonchev–Trinajstić information content (AvgIpc) is 2.53. The zero-order chi connectivity index (χ0) is 15.1. The number of hydrogen-bond acceptors (Lipinski definition) is 3. The van der Waals surface area contributed by atoms with Gasteiger partial charge in [-0.25, -0.2) is 0 Å². The van der Waals surface area contributed by atoms with Gasteiger partial charge in [-0.2, -0.15) is 0 Å². The van der Waals surface area contributed by atoms with Crippen LogP contribution in [0.3, 0.4) is 0 Å². The van der Waals surface area contributed by atoms with E-state index in [0.29, 0.717) is 6.54 Å². The maximum Gasteiger partial charge on any atom is 0.304 e. The third-order valence-corrected chi connectivity index (χ3v) is 3.47. The standard InChI is InChI=1S/C17H20N2O2/c1-2-19(13-11-16(20)21)17(14-8-4-3-5-9-14)15-10-6-7-12-18-15/h3-10,12,17H,2,11,13H2,1H3,(H,20,21). The lowest BCUT2D eigenvalue weighted by molar-refractivity contribution is -0.137. The molecule has 110 valence electrons. The van der Waals surface area contributed by atoms with Crippen LogP contribution in [0.25, 0.3) is 0 Å². The van der Waals surface area contributed by atoms with Crippen LogP contribution in [0.5, 0.6) is 0 Å². The highest BCUT2D eigenvalue weighted by atomic mass is 16.4. The van der Waals surface area contributed by atoms with Gasteiger partial charge >= 0.3 is 5.97 Å². The van der Waals surface area contributed by atoms with Gasteiger partial charge in [-0.3, -0.25) is 14.7 Å². The Balaban J connectivity index is 2.33. The molecular formula is C17H20N2O2. The van der Waals surface area contributed by atoms with Gasteiger partial charge in [0.2, 0.25) is 0 Å².